The fourth-order valence-electron chi connectivity index (χ4n) is 1.44. The van der Waals surface area contributed by atoms with E-state index in [-0.39, 0.29) is 0 Å². The molecule has 0 radical (unpaired) electrons. The van der Waals surface area contributed by atoms with Crippen LogP contribution in [0.1, 0.15) is 18.4 Å². The topological polar surface area (TPSA) is 63.6 Å². The molecule has 1 N–H and O–H groups in total. The number of nitrogens with one attached hydrogen (secondary N) is 1. The molecule has 1 saturated carbocycles. The monoisotopic (exact) mass is 311 g/mol. The summed E-state index contributed by atoms with van der Waals surface area (Å²) in [5.74, 6) is 0. The second-order valence-corrected chi connectivity index (χ2v) is 7.41. The molecule has 2 heterocycles. The van der Waals surface area contributed by atoms with Crippen LogP contribution < -0.4 is 5.32 Å². The average molecular weight is 311 g/mol. The van der Waals surface area contributed by atoms with Crippen LogP contribution in [-0.4, -0.2) is 32.5 Å². The zero-order valence-electron chi connectivity index (χ0n) is 10.4. The normalized spacial score (nSPS) is 14.8. The molecule has 100 valence electrons. The van der Waals surface area contributed by atoms with Crippen LogP contribution in [0.4, 0.5) is 0 Å². The van der Waals surface area contributed by atoms with Crippen LogP contribution in [-0.2, 0) is 6.54 Å². The van der Waals surface area contributed by atoms with Crippen molar-refractivity contribution >= 4 is 34.9 Å². The van der Waals surface area contributed by atoms with Crippen LogP contribution in [0.15, 0.2) is 26.2 Å². The SMILES string of the molecule is CSc1nnc(Sc2ncc(CNC3CC3)cn2)s1. The Balaban J connectivity index is 1.58. The Morgan fingerprint density at radius 1 is 1.26 bits per heavy atom. The van der Waals surface area contributed by atoms with Crippen LogP contribution in [0.5, 0.6) is 0 Å². The van der Waals surface area contributed by atoms with Crippen LogP contribution in [0.3, 0.4) is 0 Å². The number of aromatic nitrogens is 4. The predicted octanol–water partition coefficient (Wildman–Crippen LogP) is 2.45. The van der Waals surface area contributed by atoms with E-state index in [1.807, 2.05) is 18.6 Å². The van der Waals surface area contributed by atoms with Gasteiger partial charge < -0.3 is 5.32 Å². The zero-order valence-corrected chi connectivity index (χ0v) is 12.8. The molecule has 0 saturated heterocycles. The molecule has 1 aliphatic carbocycles. The van der Waals surface area contributed by atoms with Crippen molar-refractivity contribution in [1.29, 1.82) is 0 Å². The third-order valence-electron chi connectivity index (χ3n) is 2.59. The Labute approximate surface area is 124 Å². The molecule has 0 spiro atoms. The number of hydrogen-bond donors (Lipinski definition) is 1. The molecule has 2 aromatic heterocycles. The van der Waals surface area contributed by atoms with Crippen LogP contribution in [0.25, 0.3) is 0 Å². The first-order chi connectivity index (χ1) is 9.33. The maximum Gasteiger partial charge on any atom is 0.194 e. The maximum atomic E-state index is 4.35. The summed E-state index contributed by atoms with van der Waals surface area (Å²) < 4.78 is 1.85. The number of nitrogens with zero attached hydrogens (tertiary/aromatic N) is 4. The molecule has 19 heavy (non-hydrogen) atoms. The van der Waals surface area contributed by atoms with Gasteiger partial charge in [0.15, 0.2) is 13.8 Å². The van der Waals surface area contributed by atoms with E-state index in [9.17, 15) is 0 Å². The van der Waals surface area contributed by atoms with Crippen LogP contribution >= 0.6 is 34.9 Å². The Morgan fingerprint density at radius 2 is 2.00 bits per heavy atom. The van der Waals surface area contributed by atoms with Gasteiger partial charge in [-0.25, -0.2) is 9.97 Å². The second-order valence-electron chi connectivity index (χ2n) is 4.17. The summed E-state index contributed by atoms with van der Waals surface area (Å²) in [6, 6.07) is 0.709. The van der Waals surface area contributed by atoms with Crippen molar-refractivity contribution in [1.82, 2.24) is 25.5 Å². The van der Waals surface area contributed by atoms with Crippen molar-refractivity contribution in [2.45, 2.75) is 39.3 Å². The zero-order chi connectivity index (χ0) is 13.1. The molecule has 3 rings (SSSR count). The smallest absolute Gasteiger partial charge is 0.194 e. The van der Waals surface area contributed by atoms with Gasteiger partial charge in [0.25, 0.3) is 0 Å². The Hall–Kier alpha value is -0.700. The molecule has 5 nitrogen and oxygen atoms in total. The summed E-state index contributed by atoms with van der Waals surface area (Å²) in [4.78, 5) is 8.70. The Kier molecular flexibility index (Phi) is 4.31. The molecule has 1 fully saturated rings. The second kappa shape index (κ2) is 6.17. The van der Waals surface area contributed by atoms with Gasteiger partial charge in [-0.05, 0) is 30.9 Å². The van der Waals surface area contributed by atoms with Crippen molar-refractivity contribution in [3.63, 3.8) is 0 Å². The Bertz CT molecular complexity index is 538. The summed E-state index contributed by atoms with van der Waals surface area (Å²) in [5.41, 5.74) is 1.12. The standard InChI is InChI=1S/C11H13N5S3/c1-17-10-15-16-11(19-10)18-9-13-5-7(6-14-9)4-12-8-2-3-8/h5-6,8,12H,2-4H2,1H3. The number of rotatable bonds is 6. The third kappa shape index (κ3) is 3.88. The summed E-state index contributed by atoms with van der Waals surface area (Å²) in [5, 5.41) is 12.3. The van der Waals surface area contributed by atoms with Gasteiger partial charge in [0.05, 0.1) is 0 Å². The average Bonchev–Trinajstić information content (AvgIpc) is 3.17. The molecule has 0 aliphatic heterocycles. The van der Waals surface area contributed by atoms with Crippen LogP contribution in [0, 0.1) is 0 Å². The highest BCUT2D eigenvalue weighted by atomic mass is 32.2. The fraction of sp³-hybridized carbons (Fsp3) is 0.455. The van der Waals surface area contributed by atoms with Crippen molar-refractivity contribution in [3.8, 4) is 0 Å². The Morgan fingerprint density at radius 3 is 2.63 bits per heavy atom. The van der Waals surface area contributed by atoms with E-state index in [4.69, 9.17) is 0 Å². The lowest BCUT2D eigenvalue weighted by Gasteiger charge is -2.02. The van der Waals surface area contributed by atoms with Gasteiger partial charge in [0.2, 0.25) is 0 Å². The molecule has 0 bridgehead atoms. The first-order valence-corrected chi connectivity index (χ1v) is 8.79. The van der Waals surface area contributed by atoms with Gasteiger partial charge >= 0.3 is 0 Å². The molecule has 0 unspecified atom stereocenters. The lowest BCUT2D eigenvalue weighted by molar-refractivity contribution is 0.680. The lowest BCUT2D eigenvalue weighted by atomic mass is 10.3. The highest BCUT2D eigenvalue weighted by molar-refractivity contribution is 8.02. The molecule has 0 atom stereocenters. The van der Waals surface area contributed by atoms with Crippen molar-refractivity contribution in [2.24, 2.45) is 0 Å². The van der Waals surface area contributed by atoms with Crippen LogP contribution in [0.2, 0.25) is 0 Å². The van der Waals surface area contributed by atoms with Gasteiger partial charge in [-0.3, -0.25) is 0 Å². The van der Waals surface area contributed by atoms with Gasteiger partial charge in [0.1, 0.15) is 0 Å². The van der Waals surface area contributed by atoms with E-state index in [1.54, 1.807) is 23.1 Å². The summed E-state index contributed by atoms with van der Waals surface area (Å²) in [6.45, 7) is 0.852. The maximum absolute atomic E-state index is 4.35. The molecule has 0 aromatic carbocycles. The first-order valence-electron chi connectivity index (χ1n) is 5.93. The minimum atomic E-state index is 0.709. The molecule has 1 aliphatic rings. The van der Waals surface area contributed by atoms with E-state index in [0.29, 0.717) is 6.04 Å². The summed E-state index contributed by atoms with van der Waals surface area (Å²) in [6.07, 6.45) is 8.34. The minimum Gasteiger partial charge on any atom is -0.310 e. The largest absolute Gasteiger partial charge is 0.310 e. The molecule has 8 heteroatoms. The van der Waals surface area contributed by atoms with E-state index < -0.39 is 0 Å². The van der Waals surface area contributed by atoms with Crippen molar-refractivity contribution in [2.75, 3.05) is 6.26 Å². The summed E-state index contributed by atoms with van der Waals surface area (Å²) in [7, 11) is 0. The third-order valence-corrected chi connectivity index (χ3v) is 5.44. The number of thioether (sulfide) groups is 1. The number of hydrogen-bond acceptors (Lipinski definition) is 8. The van der Waals surface area contributed by atoms with E-state index in [2.05, 4.69) is 25.5 Å². The highest BCUT2D eigenvalue weighted by Gasteiger charge is 2.20. The van der Waals surface area contributed by atoms with Gasteiger partial charge in [0, 0.05) is 30.5 Å². The van der Waals surface area contributed by atoms with E-state index in [0.717, 1.165) is 25.9 Å². The van der Waals surface area contributed by atoms with E-state index in [1.165, 1.54) is 24.6 Å². The molecule has 0 amide bonds. The predicted molar refractivity (Wildman–Crippen MR) is 77.7 cm³/mol. The molecular weight excluding hydrogens is 298 g/mol. The van der Waals surface area contributed by atoms with Gasteiger partial charge in [-0.15, -0.1) is 10.2 Å². The first kappa shape index (κ1) is 13.3. The minimum absolute atomic E-state index is 0.709. The highest BCUT2D eigenvalue weighted by Crippen LogP contribution is 2.30. The van der Waals surface area contributed by atoms with Crippen molar-refractivity contribution < 1.29 is 0 Å². The van der Waals surface area contributed by atoms with Gasteiger partial charge in [-0.1, -0.05) is 23.1 Å². The molecular formula is C11H13N5S3. The molecule has 2 aromatic rings. The van der Waals surface area contributed by atoms with Crippen molar-refractivity contribution in [3.05, 3.63) is 18.0 Å². The fourth-order valence-corrected chi connectivity index (χ4v) is 3.67. The lowest BCUT2D eigenvalue weighted by Crippen LogP contribution is -2.15. The quantitative estimate of drug-likeness (QED) is 0.649. The summed E-state index contributed by atoms with van der Waals surface area (Å²) >= 11 is 4.62. The van der Waals surface area contributed by atoms with Gasteiger partial charge in [-0.2, -0.15) is 0 Å². The van der Waals surface area contributed by atoms with E-state index >= 15 is 0 Å².